The Labute approximate surface area is 166 Å². The van der Waals surface area contributed by atoms with Gasteiger partial charge in [0.05, 0.1) is 7.11 Å². The molecule has 28 heavy (non-hydrogen) atoms. The number of hydrogen-bond donors (Lipinski definition) is 1. The standard InChI is InChI=1S/C23H27N3O2/c1-16-13-18(17(2)26(16)21-7-5-4-6-8-21)14-19(15-24)23(27)25-20-9-11-22(28-3)12-10-20/h9-14,21H,4-8H2,1-3H3,(H,25,27). The van der Waals surface area contributed by atoms with Gasteiger partial charge in [0.15, 0.2) is 0 Å². The molecule has 1 aliphatic rings. The van der Waals surface area contributed by atoms with Crippen LogP contribution in [-0.4, -0.2) is 17.6 Å². The second kappa shape index (κ2) is 8.79. The lowest BCUT2D eigenvalue weighted by atomic mass is 9.95. The van der Waals surface area contributed by atoms with Crippen molar-refractivity contribution in [1.82, 2.24) is 4.57 Å². The van der Waals surface area contributed by atoms with Crippen molar-refractivity contribution < 1.29 is 9.53 Å². The molecule has 146 valence electrons. The van der Waals surface area contributed by atoms with Crippen LogP contribution < -0.4 is 10.1 Å². The first-order valence-corrected chi connectivity index (χ1v) is 9.79. The lowest BCUT2D eigenvalue weighted by molar-refractivity contribution is -0.112. The molecule has 0 saturated heterocycles. The Morgan fingerprint density at radius 3 is 2.50 bits per heavy atom. The Morgan fingerprint density at radius 1 is 1.21 bits per heavy atom. The summed E-state index contributed by atoms with van der Waals surface area (Å²) in [5, 5.41) is 12.3. The van der Waals surface area contributed by atoms with Gasteiger partial charge in [0.25, 0.3) is 5.91 Å². The summed E-state index contributed by atoms with van der Waals surface area (Å²) in [5.41, 5.74) is 3.96. The van der Waals surface area contributed by atoms with Crippen LogP contribution in [0.15, 0.2) is 35.9 Å². The fraction of sp³-hybridized carbons (Fsp3) is 0.391. The molecule has 0 aliphatic heterocycles. The van der Waals surface area contributed by atoms with Crippen LogP contribution in [0.25, 0.3) is 6.08 Å². The molecular formula is C23H27N3O2. The topological polar surface area (TPSA) is 67.0 Å². The second-order valence-corrected chi connectivity index (χ2v) is 7.34. The first-order valence-electron chi connectivity index (χ1n) is 9.79. The Morgan fingerprint density at radius 2 is 1.89 bits per heavy atom. The number of hydrogen-bond acceptors (Lipinski definition) is 3. The van der Waals surface area contributed by atoms with Gasteiger partial charge in [-0.25, -0.2) is 0 Å². The largest absolute Gasteiger partial charge is 0.497 e. The normalized spacial score (nSPS) is 15.1. The zero-order chi connectivity index (χ0) is 20.1. The predicted octanol–water partition coefficient (Wildman–Crippen LogP) is 5.16. The van der Waals surface area contributed by atoms with Gasteiger partial charge in [0.1, 0.15) is 17.4 Å². The van der Waals surface area contributed by atoms with Gasteiger partial charge >= 0.3 is 0 Å². The Balaban J connectivity index is 1.81. The van der Waals surface area contributed by atoms with Crippen molar-refractivity contribution in [3.63, 3.8) is 0 Å². The summed E-state index contributed by atoms with van der Waals surface area (Å²) < 4.78 is 7.50. The number of nitrogens with one attached hydrogen (secondary N) is 1. The van der Waals surface area contributed by atoms with Crippen molar-refractivity contribution in [2.45, 2.75) is 52.0 Å². The van der Waals surface area contributed by atoms with E-state index < -0.39 is 5.91 Å². The molecule has 5 heteroatoms. The van der Waals surface area contributed by atoms with Crippen LogP contribution in [0.5, 0.6) is 5.75 Å². The van der Waals surface area contributed by atoms with Gasteiger partial charge in [0, 0.05) is 23.1 Å². The summed E-state index contributed by atoms with van der Waals surface area (Å²) in [4.78, 5) is 12.6. The molecule has 1 N–H and O–H groups in total. The zero-order valence-corrected chi connectivity index (χ0v) is 16.8. The van der Waals surface area contributed by atoms with E-state index in [4.69, 9.17) is 4.74 Å². The molecular weight excluding hydrogens is 350 g/mol. The highest BCUT2D eigenvalue weighted by atomic mass is 16.5. The first kappa shape index (κ1) is 19.8. The smallest absolute Gasteiger partial charge is 0.266 e. The van der Waals surface area contributed by atoms with E-state index >= 15 is 0 Å². The molecule has 1 fully saturated rings. The third-order valence-corrected chi connectivity index (χ3v) is 5.48. The molecule has 0 spiro atoms. The quantitative estimate of drug-likeness (QED) is 0.578. The fourth-order valence-electron chi connectivity index (χ4n) is 4.03. The van der Waals surface area contributed by atoms with E-state index in [9.17, 15) is 10.1 Å². The summed E-state index contributed by atoms with van der Waals surface area (Å²) in [5.74, 6) is 0.305. The monoisotopic (exact) mass is 377 g/mol. The van der Waals surface area contributed by atoms with Crippen molar-refractivity contribution >= 4 is 17.7 Å². The Kier molecular flexibility index (Phi) is 6.20. The highest BCUT2D eigenvalue weighted by Gasteiger charge is 2.20. The SMILES string of the molecule is COc1ccc(NC(=O)C(C#N)=Cc2cc(C)n(C3CCCCC3)c2C)cc1. The van der Waals surface area contributed by atoms with Crippen LogP contribution in [0.4, 0.5) is 5.69 Å². The summed E-state index contributed by atoms with van der Waals surface area (Å²) in [7, 11) is 1.59. The summed E-state index contributed by atoms with van der Waals surface area (Å²) in [6, 6.07) is 11.7. The van der Waals surface area contributed by atoms with E-state index in [0.29, 0.717) is 17.5 Å². The van der Waals surface area contributed by atoms with E-state index in [2.05, 4.69) is 29.8 Å². The number of anilines is 1. The molecule has 1 aromatic heterocycles. The fourth-order valence-corrected chi connectivity index (χ4v) is 4.03. The number of benzene rings is 1. The molecule has 1 aliphatic carbocycles. The van der Waals surface area contributed by atoms with E-state index in [-0.39, 0.29) is 5.57 Å². The highest BCUT2D eigenvalue weighted by Crippen LogP contribution is 2.32. The van der Waals surface area contributed by atoms with Gasteiger partial charge in [-0.3, -0.25) is 4.79 Å². The maximum absolute atomic E-state index is 12.6. The molecule has 0 atom stereocenters. The number of amides is 1. The maximum atomic E-state index is 12.6. The van der Waals surface area contributed by atoms with Crippen LogP contribution >= 0.6 is 0 Å². The van der Waals surface area contributed by atoms with Crippen molar-refractivity contribution in [3.8, 4) is 11.8 Å². The number of aryl methyl sites for hydroxylation is 1. The average Bonchev–Trinajstić information content (AvgIpc) is 3.00. The predicted molar refractivity (Wildman–Crippen MR) is 111 cm³/mol. The molecule has 5 nitrogen and oxygen atoms in total. The van der Waals surface area contributed by atoms with E-state index in [1.807, 2.05) is 6.07 Å². The number of nitrogens with zero attached hydrogens (tertiary/aromatic N) is 2. The van der Waals surface area contributed by atoms with Gasteiger partial charge < -0.3 is 14.6 Å². The molecule has 2 aromatic rings. The average molecular weight is 377 g/mol. The summed E-state index contributed by atoms with van der Waals surface area (Å²) >= 11 is 0. The summed E-state index contributed by atoms with van der Waals surface area (Å²) in [6.07, 6.45) is 7.93. The first-order chi connectivity index (χ1) is 13.5. The minimum atomic E-state index is -0.407. The number of nitriles is 1. The number of ether oxygens (including phenoxy) is 1. The van der Waals surface area contributed by atoms with Crippen molar-refractivity contribution in [1.29, 1.82) is 5.26 Å². The van der Waals surface area contributed by atoms with Crippen LogP contribution in [0.1, 0.15) is 55.1 Å². The maximum Gasteiger partial charge on any atom is 0.266 e. The highest BCUT2D eigenvalue weighted by molar-refractivity contribution is 6.09. The second-order valence-electron chi connectivity index (χ2n) is 7.34. The van der Waals surface area contributed by atoms with E-state index in [1.165, 1.54) is 37.8 Å². The third kappa shape index (κ3) is 4.28. The van der Waals surface area contributed by atoms with Crippen LogP contribution in [-0.2, 0) is 4.79 Å². The van der Waals surface area contributed by atoms with Crippen LogP contribution in [0.2, 0.25) is 0 Å². The van der Waals surface area contributed by atoms with Gasteiger partial charge in [-0.1, -0.05) is 19.3 Å². The zero-order valence-electron chi connectivity index (χ0n) is 16.8. The van der Waals surface area contributed by atoms with Crippen LogP contribution in [0, 0.1) is 25.2 Å². The molecule has 0 bridgehead atoms. The molecule has 1 saturated carbocycles. The van der Waals surface area contributed by atoms with Crippen molar-refractivity contribution in [3.05, 3.63) is 52.9 Å². The molecule has 0 radical (unpaired) electrons. The molecule has 1 amide bonds. The van der Waals surface area contributed by atoms with Crippen molar-refractivity contribution in [2.75, 3.05) is 12.4 Å². The molecule has 3 rings (SSSR count). The minimum absolute atomic E-state index is 0.0970. The molecule has 1 heterocycles. The van der Waals surface area contributed by atoms with Crippen LogP contribution in [0.3, 0.4) is 0 Å². The third-order valence-electron chi connectivity index (χ3n) is 5.48. The molecule has 1 aromatic carbocycles. The number of rotatable bonds is 5. The summed E-state index contributed by atoms with van der Waals surface area (Å²) in [6.45, 7) is 4.17. The Bertz CT molecular complexity index is 911. The molecule has 0 unspecified atom stereocenters. The lowest BCUT2D eigenvalue weighted by Gasteiger charge is -2.26. The van der Waals surface area contributed by atoms with Gasteiger partial charge in [0.2, 0.25) is 0 Å². The van der Waals surface area contributed by atoms with Gasteiger partial charge in [-0.15, -0.1) is 0 Å². The van der Waals surface area contributed by atoms with Gasteiger partial charge in [-0.2, -0.15) is 5.26 Å². The number of methoxy groups -OCH3 is 1. The lowest BCUT2D eigenvalue weighted by Crippen LogP contribution is -2.15. The van der Waals surface area contributed by atoms with Crippen molar-refractivity contribution in [2.24, 2.45) is 0 Å². The van der Waals surface area contributed by atoms with Gasteiger partial charge in [-0.05, 0) is 68.7 Å². The number of aromatic nitrogens is 1. The minimum Gasteiger partial charge on any atom is -0.497 e. The van der Waals surface area contributed by atoms with E-state index in [1.54, 1.807) is 37.5 Å². The Hall–Kier alpha value is -3.00. The van der Waals surface area contributed by atoms with E-state index in [0.717, 1.165) is 11.3 Å². The number of carbonyl (C=O) groups excluding carboxylic acids is 1. The number of carbonyl (C=O) groups is 1.